The Morgan fingerprint density at radius 2 is 2.26 bits per heavy atom. The van der Waals surface area contributed by atoms with Crippen LogP contribution in [0.5, 0.6) is 0 Å². The number of esters is 1. The Morgan fingerprint density at radius 1 is 1.53 bits per heavy atom. The van der Waals surface area contributed by atoms with E-state index in [0.29, 0.717) is 19.2 Å². The first-order valence-corrected chi connectivity index (χ1v) is 7.05. The fourth-order valence-corrected chi connectivity index (χ4v) is 2.23. The van der Waals surface area contributed by atoms with Crippen LogP contribution in [0, 0.1) is 0 Å². The molecule has 106 valence electrons. The van der Waals surface area contributed by atoms with Gasteiger partial charge in [0.05, 0.1) is 24.5 Å². The van der Waals surface area contributed by atoms with Crippen molar-refractivity contribution in [1.29, 1.82) is 0 Å². The van der Waals surface area contributed by atoms with Gasteiger partial charge in [-0.15, -0.1) is 0 Å². The van der Waals surface area contributed by atoms with Gasteiger partial charge in [-0.05, 0) is 32.3 Å². The van der Waals surface area contributed by atoms with Crippen LogP contribution in [0.4, 0.5) is 0 Å². The summed E-state index contributed by atoms with van der Waals surface area (Å²) in [7, 11) is 1.96. The van der Waals surface area contributed by atoms with Gasteiger partial charge in [-0.25, -0.2) is 0 Å². The minimum atomic E-state index is -0.132. The zero-order valence-electron chi connectivity index (χ0n) is 12.1. The average Bonchev–Trinajstić information content (AvgIpc) is 3.15. The Kier molecular flexibility index (Phi) is 4.58. The van der Waals surface area contributed by atoms with E-state index in [9.17, 15) is 4.79 Å². The second-order valence-electron chi connectivity index (χ2n) is 5.05. The van der Waals surface area contributed by atoms with E-state index >= 15 is 0 Å². The number of ether oxygens (including phenoxy) is 1. The Bertz CT molecular complexity index is 438. The Morgan fingerprint density at radius 3 is 2.79 bits per heavy atom. The summed E-state index contributed by atoms with van der Waals surface area (Å²) in [6, 6.07) is 2.66. The zero-order valence-corrected chi connectivity index (χ0v) is 12.1. The first-order valence-electron chi connectivity index (χ1n) is 7.05. The molecule has 1 aliphatic carbocycles. The second kappa shape index (κ2) is 6.19. The summed E-state index contributed by atoms with van der Waals surface area (Å²) >= 11 is 0. The molecule has 5 heteroatoms. The van der Waals surface area contributed by atoms with E-state index in [-0.39, 0.29) is 5.97 Å². The van der Waals surface area contributed by atoms with Gasteiger partial charge in [-0.1, -0.05) is 6.92 Å². The number of carbonyl (C=O) groups is 1. The first kappa shape index (κ1) is 14.1. The molecular weight excluding hydrogens is 242 g/mol. The van der Waals surface area contributed by atoms with Gasteiger partial charge >= 0.3 is 5.97 Å². The molecule has 2 rings (SSSR count). The lowest BCUT2D eigenvalue weighted by molar-refractivity contribution is -0.144. The van der Waals surface area contributed by atoms with Crippen molar-refractivity contribution >= 4 is 5.97 Å². The molecule has 0 aromatic carbocycles. The van der Waals surface area contributed by atoms with Gasteiger partial charge in [0.25, 0.3) is 0 Å². The topological polar surface area (TPSA) is 47.4 Å². The quantitative estimate of drug-likeness (QED) is 0.701. The van der Waals surface area contributed by atoms with E-state index in [4.69, 9.17) is 4.74 Å². The molecule has 0 N–H and O–H groups in total. The summed E-state index contributed by atoms with van der Waals surface area (Å²) in [6.45, 7) is 5.54. The lowest BCUT2D eigenvalue weighted by atomic mass is 10.3. The largest absolute Gasteiger partial charge is 0.465 e. The van der Waals surface area contributed by atoms with Crippen molar-refractivity contribution in [2.24, 2.45) is 7.05 Å². The third-order valence-corrected chi connectivity index (χ3v) is 3.46. The SMILES string of the molecule is CCOC(=O)CN(Cc1cc(CC)nn1C)C1CC1. The molecule has 1 aromatic heterocycles. The van der Waals surface area contributed by atoms with E-state index in [0.717, 1.165) is 24.4 Å². The van der Waals surface area contributed by atoms with Gasteiger partial charge in [0.15, 0.2) is 0 Å². The minimum Gasteiger partial charge on any atom is -0.465 e. The number of rotatable bonds is 7. The summed E-state index contributed by atoms with van der Waals surface area (Å²) in [5.41, 5.74) is 2.26. The molecule has 0 saturated heterocycles. The normalized spacial score (nSPS) is 14.9. The highest BCUT2D eigenvalue weighted by Crippen LogP contribution is 2.28. The smallest absolute Gasteiger partial charge is 0.320 e. The van der Waals surface area contributed by atoms with Crippen LogP contribution in [0.25, 0.3) is 0 Å². The Labute approximate surface area is 114 Å². The van der Waals surface area contributed by atoms with Crippen molar-refractivity contribution in [3.8, 4) is 0 Å². The van der Waals surface area contributed by atoms with Crippen molar-refractivity contribution in [3.63, 3.8) is 0 Å². The monoisotopic (exact) mass is 265 g/mol. The van der Waals surface area contributed by atoms with Gasteiger partial charge < -0.3 is 4.74 Å². The third kappa shape index (κ3) is 3.80. The number of hydrogen-bond donors (Lipinski definition) is 0. The molecule has 0 amide bonds. The predicted molar refractivity (Wildman–Crippen MR) is 72.7 cm³/mol. The number of carbonyl (C=O) groups excluding carboxylic acids is 1. The molecule has 1 saturated carbocycles. The molecule has 0 atom stereocenters. The van der Waals surface area contributed by atoms with Crippen LogP contribution < -0.4 is 0 Å². The number of hydrogen-bond acceptors (Lipinski definition) is 4. The predicted octanol–water partition coefficient (Wildman–Crippen LogP) is 1.51. The maximum Gasteiger partial charge on any atom is 0.320 e. The van der Waals surface area contributed by atoms with E-state index in [1.807, 2.05) is 18.7 Å². The van der Waals surface area contributed by atoms with Crippen LogP contribution >= 0.6 is 0 Å². The highest BCUT2D eigenvalue weighted by Gasteiger charge is 2.31. The summed E-state index contributed by atoms with van der Waals surface area (Å²) in [6.07, 6.45) is 3.30. The molecule has 19 heavy (non-hydrogen) atoms. The van der Waals surface area contributed by atoms with Crippen LogP contribution in [0.15, 0.2) is 6.07 Å². The van der Waals surface area contributed by atoms with Gasteiger partial charge in [0, 0.05) is 19.6 Å². The molecule has 1 aliphatic rings. The molecule has 0 spiro atoms. The molecule has 0 aliphatic heterocycles. The average molecular weight is 265 g/mol. The molecule has 1 fully saturated rings. The molecule has 0 bridgehead atoms. The minimum absolute atomic E-state index is 0.132. The number of nitrogens with zero attached hydrogens (tertiary/aromatic N) is 3. The lowest BCUT2D eigenvalue weighted by Gasteiger charge is -2.20. The fourth-order valence-electron chi connectivity index (χ4n) is 2.23. The molecule has 1 heterocycles. The summed E-state index contributed by atoms with van der Waals surface area (Å²) < 4.78 is 6.96. The van der Waals surface area contributed by atoms with E-state index in [1.165, 1.54) is 12.8 Å². The van der Waals surface area contributed by atoms with E-state index in [2.05, 4.69) is 23.0 Å². The standard InChI is InChI=1S/C14H23N3O2/c1-4-11-8-13(16(3)15-11)9-17(12-6-7-12)10-14(18)19-5-2/h8,12H,4-7,9-10H2,1-3H3. The van der Waals surface area contributed by atoms with Crippen molar-refractivity contribution in [3.05, 3.63) is 17.5 Å². The van der Waals surface area contributed by atoms with Gasteiger partial charge in [0.1, 0.15) is 0 Å². The summed E-state index contributed by atoms with van der Waals surface area (Å²) in [4.78, 5) is 13.8. The van der Waals surface area contributed by atoms with Gasteiger partial charge in [-0.2, -0.15) is 5.10 Å². The van der Waals surface area contributed by atoms with E-state index in [1.54, 1.807) is 0 Å². The number of aromatic nitrogens is 2. The van der Waals surface area contributed by atoms with Crippen LogP contribution in [0.2, 0.25) is 0 Å². The molecule has 5 nitrogen and oxygen atoms in total. The van der Waals surface area contributed by atoms with Crippen LogP contribution in [-0.4, -0.2) is 39.8 Å². The Hall–Kier alpha value is -1.36. The van der Waals surface area contributed by atoms with Crippen LogP contribution in [0.1, 0.15) is 38.1 Å². The fraction of sp³-hybridized carbons (Fsp3) is 0.714. The van der Waals surface area contributed by atoms with Crippen molar-refractivity contribution < 1.29 is 9.53 Å². The molecule has 0 unspecified atom stereocenters. The van der Waals surface area contributed by atoms with Crippen molar-refractivity contribution in [2.75, 3.05) is 13.2 Å². The second-order valence-corrected chi connectivity index (χ2v) is 5.05. The number of aryl methyl sites for hydroxylation is 2. The highest BCUT2D eigenvalue weighted by molar-refractivity contribution is 5.71. The maximum atomic E-state index is 11.6. The molecule has 1 aromatic rings. The van der Waals surface area contributed by atoms with Crippen LogP contribution in [-0.2, 0) is 29.5 Å². The van der Waals surface area contributed by atoms with Crippen molar-refractivity contribution in [1.82, 2.24) is 14.7 Å². The molecule has 0 radical (unpaired) electrons. The van der Waals surface area contributed by atoms with E-state index < -0.39 is 0 Å². The first-order chi connectivity index (χ1) is 9.13. The lowest BCUT2D eigenvalue weighted by Crippen LogP contribution is -2.33. The molecular formula is C14H23N3O2. The zero-order chi connectivity index (χ0) is 13.8. The highest BCUT2D eigenvalue weighted by atomic mass is 16.5. The van der Waals surface area contributed by atoms with Gasteiger partial charge in [0.2, 0.25) is 0 Å². The summed E-state index contributed by atoms with van der Waals surface area (Å²) in [5, 5.41) is 4.45. The third-order valence-electron chi connectivity index (χ3n) is 3.46. The summed E-state index contributed by atoms with van der Waals surface area (Å²) in [5.74, 6) is -0.132. The van der Waals surface area contributed by atoms with Crippen LogP contribution in [0.3, 0.4) is 0 Å². The van der Waals surface area contributed by atoms with Gasteiger partial charge in [-0.3, -0.25) is 14.4 Å². The Balaban J connectivity index is 1.99. The van der Waals surface area contributed by atoms with Crippen molar-refractivity contribution in [2.45, 2.75) is 45.7 Å². The maximum absolute atomic E-state index is 11.6.